The van der Waals surface area contributed by atoms with Crippen molar-refractivity contribution in [3.8, 4) is 0 Å². The molecule has 0 spiro atoms. The lowest BCUT2D eigenvalue weighted by molar-refractivity contribution is -0.255. The van der Waals surface area contributed by atoms with Gasteiger partial charge in [-0.25, -0.2) is 4.79 Å². The Morgan fingerprint density at radius 2 is 1.55 bits per heavy atom. The Hall–Kier alpha value is -1.99. The molecule has 8 heteroatoms. The first kappa shape index (κ1) is 16.1. The van der Waals surface area contributed by atoms with Gasteiger partial charge in [-0.15, -0.1) is 0 Å². The zero-order valence-corrected chi connectivity index (χ0v) is 10.1. The van der Waals surface area contributed by atoms with Gasteiger partial charge in [0.2, 0.25) is 5.78 Å². The molecule has 0 fully saturated rings. The summed E-state index contributed by atoms with van der Waals surface area (Å²) in [6, 6.07) is 3.95. The lowest BCUT2D eigenvalue weighted by Crippen LogP contribution is -2.44. The number of ketones is 1. The summed E-state index contributed by atoms with van der Waals surface area (Å²) in [4.78, 5) is 22.8. The third-order valence-electron chi connectivity index (χ3n) is 2.31. The Morgan fingerprint density at radius 3 is 2.00 bits per heavy atom. The van der Waals surface area contributed by atoms with Gasteiger partial charge in [0.1, 0.15) is 0 Å². The second-order valence-corrected chi connectivity index (χ2v) is 3.67. The smallest absolute Gasteiger partial charge is 0.461 e. The van der Waals surface area contributed by atoms with Gasteiger partial charge in [0.05, 0.1) is 12.2 Å². The van der Waals surface area contributed by atoms with Crippen molar-refractivity contribution < 1.29 is 36.3 Å². The number of Topliss-reactive ketones (excluding diaryl/α,β-unsaturated/α-hetero) is 1. The van der Waals surface area contributed by atoms with E-state index >= 15 is 0 Å². The van der Waals surface area contributed by atoms with E-state index in [1.165, 1.54) is 13.0 Å². The molecule has 0 bridgehead atoms. The highest BCUT2D eigenvalue weighted by atomic mass is 19.4. The molecule has 0 unspecified atom stereocenters. The monoisotopic (exact) mass is 296 g/mol. The van der Waals surface area contributed by atoms with Crippen LogP contribution in [0.4, 0.5) is 22.0 Å². The van der Waals surface area contributed by atoms with Crippen molar-refractivity contribution in [2.45, 2.75) is 19.0 Å². The molecule has 0 aromatic heterocycles. The molecule has 0 radical (unpaired) electrons. The number of hydrogen-bond acceptors (Lipinski definition) is 3. The Morgan fingerprint density at radius 1 is 1.05 bits per heavy atom. The quantitative estimate of drug-likeness (QED) is 0.486. The minimum Gasteiger partial charge on any atom is -0.462 e. The summed E-state index contributed by atoms with van der Waals surface area (Å²) in [5.41, 5.74) is -1.67. The molecule has 1 aromatic rings. The summed E-state index contributed by atoms with van der Waals surface area (Å²) in [7, 11) is 0. The first-order valence-corrected chi connectivity index (χ1v) is 5.38. The van der Waals surface area contributed by atoms with E-state index in [9.17, 15) is 31.5 Å². The Labute approximate surface area is 110 Å². The second kappa shape index (κ2) is 5.56. The molecule has 1 aromatic carbocycles. The molecule has 3 nitrogen and oxygen atoms in total. The number of esters is 1. The molecule has 0 aliphatic rings. The number of carbonyl (C=O) groups excluding carboxylic acids is 2. The number of rotatable bonds is 4. The van der Waals surface area contributed by atoms with Crippen molar-refractivity contribution in [2.24, 2.45) is 0 Å². The van der Waals surface area contributed by atoms with E-state index in [-0.39, 0.29) is 6.61 Å². The molecule has 0 amide bonds. The Bertz CT molecular complexity index is 522. The molecule has 0 atom stereocenters. The number of ether oxygens (including phenoxy) is 1. The highest BCUT2D eigenvalue weighted by molar-refractivity contribution is 6.09. The van der Waals surface area contributed by atoms with E-state index in [1.54, 1.807) is 0 Å². The standard InChI is InChI=1S/C12H9F5O3/c1-2-20-10(19)8-6-4-3-5-7(8)9(18)11(13,14)12(15,16)17/h3-6H,2H2,1H3. The molecule has 1 rings (SSSR count). The second-order valence-electron chi connectivity index (χ2n) is 3.67. The Balaban J connectivity index is 3.28. The number of hydrogen-bond donors (Lipinski definition) is 0. The van der Waals surface area contributed by atoms with Gasteiger partial charge >= 0.3 is 18.1 Å². The zero-order valence-electron chi connectivity index (χ0n) is 10.1. The van der Waals surface area contributed by atoms with Gasteiger partial charge in [0.15, 0.2) is 0 Å². The number of benzene rings is 1. The van der Waals surface area contributed by atoms with Gasteiger partial charge in [0, 0.05) is 5.56 Å². The molecule has 110 valence electrons. The first-order chi connectivity index (χ1) is 9.13. The molecule has 0 saturated carbocycles. The lowest BCUT2D eigenvalue weighted by atomic mass is 9.99. The summed E-state index contributed by atoms with van der Waals surface area (Å²) in [6.07, 6.45) is -6.04. The van der Waals surface area contributed by atoms with Crippen LogP contribution in [-0.4, -0.2) is 30.5 Å². The summed E-state index contributed by atoms with van der Waals surface area (Å²) in [6.45, 7) is 1.31. The topological polar surface area (TPSA) is 43.4 Å². The number of halogens is 5. The van der Waals surface area contributed by atoms with Crippen LogP contribution < -0.4 is 0 Å². The number of alkyl halides is 5. The van der Waals surface area contributed by atoms with Crippen molar-refractivity contribution in [1.29, 1.82) is 0 Å². The minimum atomic E-state index is -6.04. The van der Waals surface area contributed by atoms with Crippen molar-refractivity contribution in [2.75, 3.05) is 6.61 Å². The predicted octanol–water partition coefficient (Wildman–Crippen LogP) is 3.24. The van der Waals surface area contributed by atoms with E-state index < -0.39 is 35.0 Å². The molecular formula is C12H9F5O3. The van der Waals surface area contributed by atoms with E-state index in [0.717, 1.165) is 12.1 Å². The molecule has 20 heavy (non-hydrogen) atoms. The van der Waals surface area contributed by atoms with Gasteiger partial charge in [0.25, 0.3) is 0 Å². The summed E-state index contributed by atoms with van der Waals surface area (Å²) in [5, 5.41) is 0. The normalized spacial score (nSPS) is 12.1. The van der Waals surface area contributed by atoms with Crippen LogP contribution in [0.25, 0.3) is 0 Å². The van der Waals surface area contributed by atoms with Gasteiger partial charge in [-0.2, -0.15) is 22.0 Å². The minimum absolute atomic E-state index is 0.114. The molecular weight excluding hydrogens is 287 g/mol. The fourth-order valence-corrected chi connectivity index (χ4v) is 1.37. The van der Waals surface area contributed by atoms with Crippen molar-refractivity contribution >= 4 is 11.8 Å². The fourth-order valence-electron chi connectivity index (χ4n) is 1.37. The first-order valence-electron chi connectivity index (χ1n) is 5.38. The third kappa shape index (κ3) is 2.94. The summed E-state index contributed by atoms with van der Waals surface area (Å²) < 4.78 is 67.0. The Kier molecular flexibility index (Phi) is 4.46. The van der Waals surface area contributed by atoms with E-state index in [4.69, 9.17) is 0 Å². The molecule has 0 saturated heterocycles. The molecule has 0 heterocycles. The van der Waals surface area contributed by atoms with Crippen LogP contribution in [0.15, 0.2) is 24.3 Å². The van der Waals surface area contributed by atoms with Gasteiger partial charge in [-0.3, -0.25) is 4.79 Å². The van der Waals surface area contributed by atoms with Crippen molar-refractivity contribution in [3.05, 3.63) is 35.4 Å². The average molecular weight is 296 g/mol. The van der Waals surface area contributed by atoms with Crippen LogP contribution in [-0.2, 0) is 4.74 Å². The van der Waals surface area contributed by atoms with Crippen LogP contribution in [0.5, 0.6) is 0 Å². The van der Waals surface area contributed by atoms with Crippen molar-refractivity contribution in [3.63, 3.8) is 0 Å². The van der Waals surface area contributed by atoms with Crippen LogP contribution in [0, 0.1) is 0 Å². The maximum absolute atomic E-state index is 13.0. The fraction of sp³-hybridized carbons (Fsp3) is 0.333. The van der Waals surface area contributed by atoms with E-state index in [1.807, 2.05) is 0 Å². The SMILES string of the molecule is CCOC(=O)c1ccccc1C(=O)C(F)(F)C(F)(F)F. The highest BCUT2D eigenvalue weighted by Crippen LogP contribution is 2.38. The van der Waals surface area contributed by atoms with Gasteiger partial charge in [-0.1, -0.05) is 18.2 Å². The summed E-state index contributed by atoms with van der Waals surface area (Å²) >= 11 is 0. The maximum atomic E-state index is 13.0. The van der Waals surface area contributed by atoms with Crippen LogP contribution in [0.3, 0.4) is 0 Å². The summed E-state index contributed by atoms with van der Waals surface area (Å²) in [5.74, 6) is -9.21. The van der Waals surface area contributed by atoms with E-state index in [2.05, 4.69) is 4.74 Å². The van der Waals surface area contributed by atoms with Gasteiger partial charge < -0.3 is 4.74 Å². The van der Waals surface area contributed by atoms with E-state index in [0.29, 0.717) is 6.07 Å². The van der Waals surface area contributed by atoms with Crippen molar-refractivity contribution in [1.82, 2.24) is 0 Å². The maximum Gasteiger partial charge on any atom is 0.461 e. The molecule has 0 aliphatic heterocycles. The lowest BCUT2D eigenvalue weighted by Gasteiger charge is -2.19. The largest absolute Gasteiger partial charge is 0.462 e. The molecule has 0 aliphatic carbocycles. The molecule has 0 N–H and O–H groups in total. The van der Waals surface area contributed by atoms with Crippen LogP contribution in [0.2, 0.25) is 0 Å². The average Bonchev–Trinajstić information content (AvgIpc) is 2.36. The van der Waals surface area contributed by atoms with Gasteiger partial charge in [-0.05, 0) is 13.0 Å². The van der Waals surface area contributed by atoms with Crippen LogP contribution in [0.1, 0.15) is 27.6 Å². The highest BCUT2D eigenvalue weighted by Gasteiger charge is 2.63. The van der Waals surface area contributed by atoms with Crippen LogP contribution >= 0.6 is 0 Å². The number of carbonyl (C=O) groups is 2. The third-order valence-corrected chi connectivity index (χ3v) is 2.31. The zero-order chi connectivity index (χ0) is 15.6. The predicted molar refractivity (Wildman–Crippen MR) is 57.7 cm³/mol.